The molecule has 0 saturated carbocycles. The van der Waals surface area contributed by atoms with Gasteiger partial charge in [0.05, 0.1) is 12.7 Å². The first-order valence-electron chi connectivity index (χ1n) is 11.5. The number of allylic oxidation sites excluding steroid dienone is 5. The average Bonchev–Trinajstić information content (AvgIpc) is 3.13. The molecule has 168 valence electrons. The van der Waals surface area contributed by atoms with Crippen molar-refractivity contribution in [2.24, 2.45) is 11.8 Å². The maximum Gasteiger partial charge on any atom is 0.305 e. The second kappa shape index (κ2) is 14.5. The fourth-order valence-corrected chi connectivity index (χ4v) is 3.56. The monoisotopic (exact) mass is 424 g/mol. The number of rotatable bonds is 14. The van der Waals surface area contributed by atoms with Crippen molar-refractivity contribution < 1.29 is 19.4 Å². The van der Waals surface area contributed by atoms with Crippen molar-refractivity contribution in [2.75, 3.05) is 6.61 Å². The zero-order chi connectivity index (χ0) is 22.3. The highest BCUT2D eigenvalue weighted by Gasteiger charge is 2.27. The third-order valence-corrected chi connectivity index (χ3v) is 5.51. The number of unbranched alkanes of at least 4 members (excludes halogenated alkanes) is 2. The van der Waals surface area contributed by atoms with Crippen LogP contribution in [0.15, 0.2) is 66.8 Å². The van der Waals surface area contributed by atoms with Gasteiger partial charge in [-0.2, -0.15) is 0 Å². The first-order valence-corrected chi connectivity index (χ1v) is 11.5. The molecular formula is C27H36O4. The third kappa shape index (κ3) is 9.93. The van der Waals surface area contributed by atoms with Crippen LogP contribution in [0.3, 0.4) is 0 Å². The summed E-state index contributed by atoms with van der Waals surface area (Å²) >= 11 is 0. The molecule has 1 aromatic carbocycles. The molecule has 0 bridgehead atoms. The second-order valence-electron chi connectivity index (χ2n) is 8.10. The highest BCUT2D eigenvalue weighted by molar-refractivity contribution is 5.95. The Labute approximate surface area is 186 Å². The molecule has 2 unspecified atom stereocenters. The first kappa shape index (κ1) is 24.8. The lowest BCUT2D eigenvalue weighted by atomic mass is 9.90. The number of benzene rings is 1. The van der Waals surface area contributed by atoms with E-state index in [9.17, 15) is 14.7 Å². The third-order valence-electron chi connectivity index (χ3n) is 5.51. The van der Waals surface area contributed by atoms with Gasteiger partial charge in [0.1, 0.15) is 0 Å². The molecule has 0 radical (unpaired) electrons. The number of carbonyl (C=O) groups excluding carboxylic acids is 2. The van der Waals surface area contributed by atoms with E-state index >= 15 is 0 Å². The van der Waals surface area contributed by atoms with Gasteiger partial charge in [-0.15, -0.1) is 0 Å². The van der Waals surface area contributed by atoms with Gasteiger partial charge >= 0.3 is 5.97 Å². The van der Waals surface area contributed by atoms with Gasteiger partial charge in [0.15, 0.2) is 5.78 Å². The normalized spacial score (nSPS) is 19.5. The number of ketones is 1. The first-order chi connectivity index (χ1) is 15.1. The number of aliphatic hydroxyl groups excluding tert-OH is 1. The van der Waals surface area contributed by atoms with Gasteiger partial charge in [0.25, 0.3) is 0 Å². The molecule has 0 aliphatic heterocycles. The van der Waals surface area contributed by atoms with Crippen LogP contribution in [0.4, 0.5) is 0 Å². The van der Waals surface area contributed by atoms with E-state index in [1.807, 2.05) is 48.6 Å². The van der Waals surface area contributed by atoms with Crippen molar-refractivity contribution >= 4 is 11.8 Å². The van der Waals surface area contributed by atoms with E-state index in [0.717, 1.165) is 32.1 Å². The number of esters is 1. The van der Waals surface area contributed by atoms with Crippen molar-refractivity contribution in [3.8, 4) is 0 Å². The highest BCUT2D eigenvalue weighted by Crippen LogP contribution is 2.27. The van der Waals surface area contributed by atoms with E-state index in [0.29, 0.717) is 25.9 Å². The zero-order valence-electron chi connectivity index (χ0n) is 18.6. The average molecular weight is 425 g/mol. The fourth-order valence-electron chi connectivity index (χ4n) is 3.56. The van der Waals surface area contributed by atoms with Gasteiger partial charge in [0.2, 0.25) is 0 Å². The molecule has 2 rings (SSSR count). The van der Waals surface area contributed by atoms with Crippen molar-refractivity contribution in [1.29, 1.82) is 0 Å². The highest BCUT2D eigenvalue weighted by atomic mass is 16.5. The topological polar surface area (TPSA) is 63.6 Å². The van der Waals surface area contributed by atoms with Crippen LogP contribution in [0.25, 0.3) is 0 Å². The Bertz CT molecular complexity index is 748. The molecule has 0 fully saturated rings. The van der Waals surface area contributed by atoms with Crippen LogP contribution in [-0.2, 0) is 20.7 Å². The standard InChI is InChI=1S/C27H36O4/c1-2-3-21-31-27(30)14-10-5-4-9-13-25-23(17-20-26(25)29)16-19-24(28)18-15-22-11-7-6-8-12-22/h4,6-9,11-12,16-17,19-20,23-25,28H,2-3,5,10,13-15,18,21H2,1H3/b9-4-,19-16+/t23?,24-,25?/m0/s1. The van der Waals surface area contributed by atoms with E-state index < -0.39 is 6.10 Å². The predicted octanol–water partition coefficient (Wildman–Crippen LogP) is 5.37. The van der Waals surface area contributed by atoms with E-state index in [1.165, 1.54) is 5.56 Å². The van der Waals surface area contributed by atoms with Crippen LogP contribution in [-0.4, -0.2) is 29.6 Å². The quantitative estimate of drug-likeness (QED) is 0.248. The van der Waals surface area contributed by atoms with Gasteiger partial charge in [-0.05, 0) is 50.2 Å². The van der Waals surface area contributed by atoms with E-state index in [2.05, 4.69) is 19.1 Å². The molecule has 0 saturated heterocycles. The fraction of sp³-hybridized carbons (Fsp3) is 0.481. The van der Waals surface area contributed by atoms with Crippen LogP contribution in [0.2, 0.25) is 0 Å². The van der Waals surface area contributed by atoms with Gasteiger partial charge in [0, 0.05) is 18.3 Å². The molecule has 0 aromatic heterocycles. The molecule has 1 aromatic rings. The number of aryl methyl sites for hydroxylation is 1. The minimum atomic E-state index is -0.516. The second-order valence-corrected chi connectivity index (χ2v) is 8.10. The summed E-state index contributed by atoms with van der Waals surface area (Å²) in [5, 5.41) is 10.3. The molecule has 0 amide bonds. The van der Waals surface area contributed by atoms with Crippen molar-refractivity contribution in [2.45, 2.75) is 64.4 Å². The lowest BCUT2D eigenvalue weighted by Crippen LogP contribution is -2.14. The Hall–Kier alpha value is -2.46. The Morgan fingerprint density at radius 1 is 1.19 bits per heavy atom. The van der Waals surface area contributed by atoms with Gasteiger partial charge in [-0.1, -0.05) is 74.1 Å². The maximum atomic E-state index is 12.2. The number of hydrogen-bond acceptors (Lipinski definition) is 4. The van der Waals surface area contributed by atoms with Crippen LogP contribution in [0, 0.1) is 11.8 Å². The zero-order valence-corrected chi connectivity index (χ0v) is 18.6. The molecule has 1 N–H and O–H groups in total. The molecule has 0 spiro atoms. The van der Waals surface area contributed by atoms with Crippen LogP contribution < -0.4 is 0 Å². The number of aliphatic hydroxyl groups is 1. The Balaban J connectivity index is 1.68. The molecule has 4 heteroatoms. The van der Waals surface area contributed by atoms with Crippen molar-refractivity contribution in [1.82, 2.24) is 0 Å². The molecule has 1 aliphatic rings. The van der Waals surface area contributed by atoms with Crippen LogP contribution >= 0.6 is 0 Å². The Morgan fingerprint density at radius 3 is 2.77 bits per heavy atom. The van der Waals surface area contributed by atoms with E-state index in [4.69, 9.17) is 4.74 Å². The molecule has 31 heavy (non-hydrogen) atoms. The molecule has 0 heterocycles. The smallest absolute Gasteiger partial charge is 0.305 e. The molecular weight excluding hydrogens is 388 g/mol. The number of ether oxygens (including phenoxy) is 1. The summed E-state index contributed by atoms with van der Waals surface area (Å²) in [6.07, 6.45) is 17.0. The summed E-state index contributed by atoms with van der Waals surface area (Å²) in [6.45, 7) is 2.58. The summed E-state index contributed by atoms with van der Waals surface area (Å²) in [4.78, 5) is 23.8. The molecule has 1 aliphatic carbocycles. The van der Waals surface area contributed by atoms with E-state index in [-0.39, 0.29) is 23.6 Å². The summed E-state index contributed by atoms with van der Waals surface area (Å²) in [5.41, 5.74) is 1.21. The SMILES string of the molecule is CCCCOC(=O)CCC/C=C\CC1C(=O)C=CC1/C=C/[C@@H](O)CCc1ccccc1. The van der Waals surface area contributed by atoms with Crippen LogP contribution in [0.1, 0.15) is 57.4 Å². The van der Waals surface area contributed by atoms with E-state index in [1.54, 1.807) is 6.08 Å². The lowest BCUT2D eigenvalue weighted by molar-refractivity contribution is -0.143. The molecule has 3 atom stereocenters. The van der Waals surface area contributed by atoms with Crippen LogP contribution in [0.5, 0.6) is 0 Å². The summed E-state index contributed by atoms with van der Waals surface area (Å²) in [5.74, 6) is -0.0736. The van der Waals surface area contributed by atoms with Crippen molar-refractivity contribution in [3.05, 3.63) is 72.4 Å². The Kier molecular flexibility index (Phi) is 11.6. The van der Waals surface area contributed by atoms with Gasteiger partial charge in [-0.3, -0.25) is 9.59 Å². The van der Waals surface area contributed by atoms with Crippen molar-refractivity contribution in [3.63, 3.8) is 0 Å². The minimum absolute atomic E-state index is 0.0251. The molecule has 4 nitrogen and oxygen atoms in total. The largest absolute Gasteiger partial charge is 0.466 e. The number of hydrogen-bond donors (Lipinski definition) is 1. The summed E-state index contributed by atoms with van der Waals surface area (Å²) in [7, 11) is 0. The minimum Gasteiger partial charge on any atom is -0.466 e. The Morgan fingerprint density at radius 2 is 2.00 bits per heavy atom. The van der Waals surface area contributed by atoms with Gasteiger partial charge < -0.3 is 9.84 Å². The van der Waals surface area contributed by atoms with Gasteiger partial charge in [-0.25, -0.2) is 0 Å². The lowest BCUT2D eigenvalue weighted by Gasteiger charge is -2.13. The summed E-state index contributed by atoms with van der Waals surface area (Å²) < 4.78 is 5.14. The number of carbonyl (C=O) groups is 2. The predicted molar refractivity (Wildman–Crippen MR) is 125 cm³/mol. The summed E-state index contributed by atoms with van der Waals surface area (Å²) in [6, 6.07) is 10.1. The maximum absolute atomic E-state index is 12.2.